The van der Waals surface area contributed by atoms with E-state index >= 15 is 0 Å². The van der Waals surface area contributed by atoms with E-state index in [1.165, 1.54) is 25.7 Å². The summed E-state index contributed by atoms with van der Waals surface area (Å²) in [5.74, 6) is 0.849. The largest absolute Gasteiger partial charge is 0.347 e. The summed E-state index contributed by atoms with van der Waals surface area (Å²) < 4.78 is 1.68. The summed E-state index contributed by atoms with van der Waals surface area (Å²) in [4.78, 5) is 15.3. The van der Waals surface area contributed by atoms with E-state index in [1.54, 1.807) is 10.8 Å². The molecule has 4 heteroatoms. The first kappa shape index (κ1) is 12.3. The van der Waals surface area contributed by atoms with E-state index in [2.05, 4.69) is 10.3 Å². The Kier molecular flexibility index (Phi) is 4.31. The lowest BCUT2D eigenvalue weighted by Crippen LogP contribution is -2.30. The zero-order chi connectivity index (χ0) is 12.1. The molecule has 0 spiro atoms. The molecular formula is C13H21N3O. The third kappa shape index (κ3) is 3.66. The fraction of sp³-hybridized carbons (Fsp3) is 0.692. The summed E-state index contributed by atoms with van der Waals surface area (Å²) in [6.45, 7) is 4.60. The standard InChI is InChI=1S/C13H21N3O/c1-11-8-15-13(17)16(10-11)7-6-14-9-12-4-2-3-5-12/h8,10,12,14H,2-7,9H2,1H3. The topological polar surface area (TPSA) is 46.9 Å². The molecule has 0 saturated heterocycles. The van der Waals surface area contributed by atoms with E-state index in [-0.39, 0.29) is 5.69 Å². The highest BCUT2D eigenvalue weighted by atomic mass is 16.1. The zero-order valence-corrected chi connectivity index (χ0v) is 10.5. The molecule has 2 rings (SSSR count). The quantitative estimate of drug-likeness (QED) is 0.783. The van der Waals surface area contributed by atoms with Gasteiger partial charge in [-0.25, -0.2) is 9.78 Å². The Labute approximate surface area is 102 Å². The van der Waals surface area contributed by atoms with Crippen molar-refractivity contribution < 1.29 is 0 Å². The SMILES string of the molecule is Cc1cnc(=O)n(CCNCC2CCCC2)c1. The monoisotopic (exact) mass is 235 g/mol. The molecule has 0 unspecified atom stereocenters. The van der Waals surface area contributed by atoms with Crippen LogP contribution in [0.25, 0.3) is 0 Å². The van der Waals surface area contributed by atoms with Gasteiger partial charge in [0.2, 0.25) is 0 Å². The first-order chi connectivity index (χ1) is 8.25. The molecule has 1 N–H and O–H groups in total. The summed E-state index contributed by atoms with van der Waals surface area (Å²) in [6.07, 6.45) is 8.97. The highest BCUT2D eigenvalue weighted by Gasteiger charge is 2.13. The normalized spacial score (nSPS) is 16.5. The number of rotatable bonds is 5. The third-order valence-corrected chi connectivity index (χ3v) is 3.42. The van der Waals surface area contributed by atoms with Crippen molar-refractivity contribution in [2.24, 2.45) is 5.92 Å². The number of hydrogen-bond donors (Lipinski definition) is 1. The molecule has 1 aliphatic rings. The minimum Gasteiger partial charge on any atom is -0.315 e. The molecule has 0 bridgehead atoms. The fourth-order valence-corrected chi connectivity index (χ4v) is 2.45. The van der Waals surface area contributed by atoms with Crippen molar-refractivity contribution in [1.29, 1.82) is 0 Å². The lowest BCUT2D eigenvalue weighted by atomic mass is 10.1. The summed E-state index contributed by atoms with van der Waals surface area (Å²) in [6, 6.07) is 0. The molecular weight excluding hydrogens is 214 g/mol. The lowest BCUT2D eigenvalue weighted by Gasteiger charge is -2.11. The van der Waals surface area contributed by atoms with Crippen molar-refractivity contribution in [2.45, 2.75) is 39.2 Å². The Morgan fingerprint density at radius 3 is 3.00 bits per heavy atom. The van der Waals surface area contributed by atoms with Crippen molar-refractivity contribution in [1.82, 2.24) is 14.9 Å². The average molecular weight is 235 g/mol. The molecule has 0 radical (unpaired) electrons. The van der Waals surface area contributed by atoms with Gasteiger partial charge < -0.3 is 5.32 Å². The van der Waals surface area contributed by atoms with Gasteiger partial charge in [-0.05, 0) is 37.8 Å². The number of aryl methyl sites for hydroxylation is 1. The van der Waals surface area contributed by atoms with Gasteiger partial charge in [-0.3, -0.25) is 4.57 Å². The minimum atomic E-state index is -0.154. The summed E-state index contributed by atoms with van der Waals surface area (Å²) >= 11 is 0. The number of nitrogens with zero attached hydrogens (tertiary/aromatic N) is 2. The number of nitrogens with one attached hydrogen (secondary N) is 1. The third-order valence-electron chi connectivity index (χ3n) is 3.42. The van der Waals surface area contributed by atoms with Gasteiger partial charge in [-0.1, -0.05) is 12.8 Å². The van der Waals surface area contributed by atoms with Crippen molar-refractivity contribution in [2.75, 3.05) is 13.1 Å². The van der Waals surface area contributed by atoms with Crippen LogP contribution >= 0.6 is 0 Å². The van der Waals surface area contributed by atoms with Crippen LogP contribution in [-0.2, 0) is 6.54 Å². The van der Waals surface area contributed by atoms with Gasteiger partial charge in [0.25, 0.3) is 0 Å². The van der Waals surface area contributed by atoms with Gasteiger partial charge >= 0.3 is 5.69 Å². The molecule has 17 heavy (non-hydrogen) atoms. The number of hydrogen-bond acceptors (Lipinski definition) is 3. The van der Waals surface area contributed by atoms with Crippen molar-refractivity contribution in [3.63, 3.8) is 0 Å². The Morgan fingerprint density at radius 1 is 1.47 bits per heavy atom. The Morgan fingerprint density at radius 2 is 2.24 bits per heavy atom. The van der Waals surface area contributed by atoms with Crippen LogP contribution in [0.4, 0.5) is 0 Å². The second-order valence-corrected chi connectivity index (χ2v) is 4.96. The van der Waals surface area contributed by atoms with Gasteiger partial charge in [-0.15, -0.1) is 0 Å². The minimum absolute atomic E-state index is 0.154. The Balaban J connectivity index is 1.74. The zero-order valence-electron chi connectivity index (χ0n) is 10.5. The maximum Gasteiger partial charge on any atom is 0.347 e. The predicted molar refractivity (Wildman–Crippen MR) is 68.1 cm³/mol. The van der Waals surface area contributed by atoms with Crippen molar-refractivity contribution in [3.05, 3.63) is 28.4 Å². The molecule has 0 amide bonds. The van der Waals surface area contributed by atoms with Crippen LogP contribution in [-0.4, -0.2) is 22.6 Å². The molecule has 1 aliphatic carbocycles. The second-order valence-electron chi connectivity index (χ2n) is 4.96. The number of aromatic nitrogens is 2. The van der Waals surface area contributed by atoms with Gasteiger partial charge in [0.05, 0.1) is 0 Å². The smallest absolute Gasteiger partial charge is 0.315 e. The van der Waals surface area contributed by atoms with E-state index in [0.717, 1.165) is 24.6 Å². The molecule has 1 saturated carbocycles. The summed E-state index contributed by atoms with van der Waals surface area (Å²) in [5, 5.41) is 3.43. The van der Waals surface area contributed by atoms with Crippen LogP contribution in [0.1, 0.15) is 31.2 Å². The fourth-order valence-electron chi connectivity index (χ4n) is 2.45. The molecule has 94 valence electrons. The van der Waals surface area contributed by atoms with Gasteiger partial charge in [0.15, 0.2) is 0 Å². The molecule has 1 aromatic heterocycles. The van der Waals surface area contributed by atoms with Crippen LogP contribution in [0.3, 0.4) is 0 Å². The lowest BCUT2D eigenvalue weighted by molar-refractivity contribution is 0.472. The van der Waals surface area contributed by atoms with Crippen LogP contribution in [0.15, 0.2) is 17.2 Å². The van der Waals surface area contributed by atoms with Crippen LogP contribution < -0.4 is 11.0 Å². The van der Waals surface area contributed by atoms with E-state index in [0.29, 0.717) is 6.54 Å². The highest BCUT2D eigenvalue weighted by molar-refractivity contribution is 4.99. The molecule has 4 nitrogen and oxygen atoms in total. The van der Waals surface area contributed by atoms with Crippen LogP contribution in [0.5, 0.6) is 0 Å². The molecule has 1 heterocycles. The van der Waals surface area contributed by atoms with Gasteiger partial charge in [-0.2, -0.15) is 0 Å². The highest BCUT2D eigenvalue weighted by Crippen LogP contribution is 2.23. The first-order valence-electron chi connectivity index (χ1n) is 6.49. The average Bonchev–Trinajstić information content (AvgIpc) is 2.82. The maximum atomic E-state index is 11.4. The van der Waals surface area contributed by atoms with E-state index in [9.17, 15) is 4.79 Å². The molecule has 1 aromatic rings. The van der Waals surface area contributed by atoms with Crippen molar-refractivity contribution in [3.8, 4) is 0 Å². The first-order valence-corrected chi connectivity index (χ1v) is 6.49. The molecule has 0 atom stereocenters. The van der Waals surface area contributed by atoms with E-state index < -0.39 is 0 Å². The summed E-state index contributed by atoms with van der Waals surface area (Å²) in [5.41, 5.74) is 0.874. The molecule has 1 fully saturated rings. The van der Waals surface area contributed by atoms with E-state index in [4.69, 9.17) is 0 Å². The molecule has 0 aromatic carbocycles. The van der Waals surface area contributed by atoms with Crippen LogP contribution in [0, 0.1) is 12.8 Å². The van der Waals surface area contributed by atoms with Gasteiger partial charge in [0, 0.05) is 25.5 Å². The summed E-state index contributed by atoms with van der Waals surface area (Å²) in [7, 11) is 0. The van der Waals surface area contributed by atoms with Crippen molar-refractivity contribution >= 4 is 0 Å². The Bertz CT molecular complexity index is 407. The predicted octanol–water partition coefficient (Wildman–Crippen LogP) is 1.33. The van der Waals surface area contributed by atoms with Gasteiger partial charge in [0.1, 0.15) is 0 Å². The van der Waals surface area contributed by atoms with E-state index in [1.807, 2.05) is 13.1 Å². The maximum absolute atomic E-state index is 11.4. The van der Waals surface area contributed by atoms with Crippen LogP contribution in [0.2, 0.25) is 0 Å². The molecule has 0 aliphatic heterocycles. The Hall–Kier alpha value is -1.16. The second kappa shape index (κ2) is 5.96.